The van der Waals surface area contributed by atoms with Crippen LogP contribution in [-0.2, 0) is 0 Å². The molecule has 4 N–H and O–H groups in total. The van der Waals surface area contributed by atoms with Crippen LogP contribution in [0.5, 0.6) is 11.5 Å². The van der Waals surface area contributed by atoms with Crippen LogP contribution in [0.2, 0.25) is 0 Å². The van der Waals surface area contributed by atoms with Gasteiger partial charge in [-0.1, -0.05) is 0 Å². The lowest BCUT2D eigenvalue weighted by atomic mass is 10.3. The average molecular weight is 140 g/mol. The van der Waals surface area contributed by atoms with E-state index in [1.165, 1.54) is 12.1 Å². The number of hydrogen-bond acceptors (Lipinski definition) is 2. The van der Waals surface area contributed by atoms with E-state index < -0.39 is 0 Å². The van der Waals surface area contributed by atoms with Gasteiger partial charge < -0.3 is 15.5 Å². The Kier molecular flexibility index (Phi) is 1.78. The summed E-state index contributed by atoms with van der Waals surface area (Å²) in [5.41, 5.74) is 0.898. The highest BCUT2D eigenvalue weighted by atomic mass is 16.3. The molecule has 0 saturated heterocycles. The van der Waals surface area contributed by atoms with Crippen LogP contribution in [0, 0.1) is 0 Å². The average Bonchev–Trinajstić information content (AvgIpc) is 1.95. The van der Waals surface area contributed by atoms with Gasteiger partial charge in [0, 0.05) is 12.1 Å². The molecule has 0 aromatic heterocycles. The van der Waals surface area contributed by atoms with E-state index in [-0.39, 0.29) is 11.5 Å². The second kappa shape index (κ2) is 2.58. The number of hydrogen-bond donors (Lipinski definition) is 3. The highest BCUT2D eigenvalue weighted by Gasteiger charge is 1.99. The smallest absolute Gasteiger partial charge is 0.163 e. The van der Waals surface area contributed by atoms with Crippen molar-refractivity contribution in [1.29, 1.82) is 0 Å². The van der Waals surface area contributed by atoms with Gasteiger partial charge in [0.15, 0.2) is 11.5 Å². The molecule has 54 valence electrons. The molecule has 0 radical (unpaired) electrons. The highest BCUT2D eigenvalue weighted by Crippen LogP contribution is 2.24. The van der Waals surface area contributed by atoms with E-state index in [0.717, 1.165) is 5.69 Å². The Labute approximate surface area is 58.9 Å². The summed E-state index contributed by atoms with van der Waals surface area (Å²) in [6.07, 6.45) is 0. The van der Waals surface area contributed by atoms with Crippen molar-refractivity contribution in [2.75, 3.05) is 7.05 Å². The van der Waals surface area contributed by atoms with Gasteiger partial charge in [-0.3, -0.25) is 0 Å². The number of benzene rings is 1. The van der Waals surface area contributed by atoms with Crippen molar-refractivity contribution in [3.63, 3.8) is 0 Å². The van der Waals surface area contributed by atoms with Gasteiger partial charge in [-0.2, -0.15) is 0 Å². The molecule has 0 unspecified atom stereocenters. The first kappa shape index (κ1) is 6.89. The van der Waals surface area contributed by atoms with Crippen LogP contribution in [-0.4, -0.2) is 17.3 Å². The molecule has 0 saturated carbocycles. The molecule has 0 amide bonds. The van der Waals surface area contributed by atoms with Gasteiger partial charge in [0.1, 0.15) is 5.69 Å². The lowest BCUT2D eigenvalue weighted by molar-refractivity contribution is -0.539. The number of nitrogens with two attached hydrogens (primary N) is 1. The van der Waals surface area contributed by atoms with Gasteiger partial charge in [0.05, 0.1) is 7.05 Å². The van der Waals surface area contributed by atoms with Crippen molar-refractivity contribution in [1.82, 2.24) is 0 Å². The van der Waals surface area contributed by atoms with Crippen molar-refractivity contribution in [2.45, 2.75) is 0 Å². The Morgan fingerprint density at radius 3 is 2.40 bits per heavy atom. The van der Waals surface area contributed by atoms with Gasteiger partial charge in [0.25, 0.3) is 0 Å². The van der Waals surface area contributed by atoms with Crippen molar-refractivity contribution in [3.8, 4) is 11.5 Å². The van der Waals surface area contributed by atoms with E-state index >= 15 is 0 Å². The first-order valence-electron chi connectivity index (χ1n) is 3.05. The van der Waals surface area contributed by atoms with E-state index in [2.05, 4.69) is 0 Å². The van der Waals surface area contributed by atoms with Crippen LogP contribution in [0.1, 0.15) is 0 Å². The van der Waals surface area contributed by atoms with Crippen molar-refractivity contribution in [3.05, 3.63) is 18.2 Å². The van der Waals surface area contributed by atoms with Crippen LogP contribution in [0.25, 0.3) is 0 Å². The Morgan fingerprint density at radius 2 is 1.90 bits per heavy atom. The summed E-state index contributed by atoms with van der Waals surface area (Å²) in [6, 6.07) is 4.70. The van der Waals surface area contributed by atoms with E-state index in [4.69, 9.17) is 10.2 Å². The van der Waals surface area contributed by atoms with Crippen molar-refractivity contribution in [2.24, 2.45) is 0 Å². The minimum Gasteiger partial charge on any atom is -0.504 e. The molecular formula is C7H10NO2+. The van der Waals surface area contributed by atoms with Crippen LogP contribution < -0.4 is 5.32 Å². The molecule has 0 bridgehead atoms. The second-order valence-corrected chi connectivity index (χ2v) is 2.04. The largest absolute Gasteiger partial charge is 0.504 e. The van der Waals surface area contributed by atoms with Crippen molar-refractivity contribution >= 4 is 5.69 Å². The van der Waals surface area contributed by atoms with Gasteiger partial charge in [-0.25, -0.2) is 0 Å². The number of quaternary nitrogens is 1. The highest BCUT2D eigenvalue weighted by molar-refractivity contribution is 5.45. The number of aromatic hydroxyl groups is 2. The molecule has 1 rings (SSSR count). The molecule has 10 heavy (non-hydrogen) atoms. The summed E-state index contributed by atoms with van der Waals surface area (Å²) in [5.74, 6) is -0.152. The zero-order valence-electron chi connectivity index (χ0n) is 5.70. The molecule has 3 heteroatoms. The second-order valence-electron chi connectivity index (χ2n) is 2.04. The van der Waals surface area contributed by atoms with Crippen LogP contribution in [0.15, 0.2) is 18.2 Å². The Hall–Kier alpha value is -1.22. The van der Waals surface area contributed by atoms with Gasteiger partial charge in [-0.15, -0.1) is 0 Å². The Bertz CT molecular complexity index is 235. The maximum absolute atomic E-state index is 8.96. The SMILES string of the molecule is C[NH2+]c1ccc(O)c(O)c1. The molecular weight excluding hydrogens is 130 g/mol. The van der Waals surface area contributed by atoms with Gasteiger partial charge in [-0.05, 0) is 6.07 Å². The first-order valence-corrected chi connectivity index (χ1v) is 3.05. The fourth-order valence-electron chi connectivity index (χ4n) is 0.720. The summed E-state index contributed by atoms with van der Waals surface area (Å²) in [4.78, 5) is 0. The van der Waals surface area contributed by atoms with E-state index in [9.17, 15) is 0 Å². The monoisotopic (exact) mass is 140 g/mol. The molecule has 0 aliphatic carbocycles. The fourth-order valence-corrected chi connectivity index (χ4v) is 0.720. The van der Waals surface area contributed by atoms with Crippen LogP contribution >= 0.6 is 0 Å². The standard InChI is InChI=1S/C7H9NO2/c1-8-5-2-3-6(9)7(10)4-5/h2-4,8-10H,1H3/p+1. The summed E-state index contributed by atoms with van der Waals surface area (Å²) in [7, 11) is 1.87. The van der Waals surface area contributed by atoms with E-state index in [1.54, 1.807) is 6.07 Å². The zero-order chi connectivity index (χ0) is 7.56. The predicted octanol–water partition coefficient (Wildman–Crippen LogP) is -0.0775. The molecule has 0 heterocycles. The molecule has 0 aliphatic rings. The third-order valence-corrected chi connectivity index (χ3v) is 1.33. The summed E-state index contributed by atoms with van der Waals surface area (Å²) in [6.45, 7) is 0. The minimum absolute atomic E-state index is 0.0735. The van der Waals surface area contributed by atoms with E-state index in [0.29, 0.717) is 0 Å². The third kappa shape index (κ3) is 1.19. The predicted molar refractivity (Wildman–Crippen MR) is 37.3 cm³/mol. The van der Waals surface area contributed by atoms with Crippen LogP contribution in [0.4, 0.5) is 5.69 Å². The van der Waals surface area contributed by atoms with Gasteiger partial charge in [0.2, 0.25) is 0 Å². The molecule has 1 aromatic rings. The summed E-state index contributed by atoms with van der Waals surface area (Å²) >= 11 is 0. The van der Waals surface area contributed by atoms with Gasteiger partial charge >= 0.3 is 0 Å². The third-order valence-electron chi connectivity index (χ3n) is 1.33. The fraction of sp³-hybridized carbons (Fsp3) is 0.143. The Balaban J connectivity index is 3.04. The lowest BCUT2D eigenvalue weighted by Crippen LogP contribution is -2.72. The number of rotatable bonds is 1. The summed E-state index contributed by atoms with van der Waals surface area (Å²) < 4.78 is 0. The van der Waals surface area contributed by atoms with E-state index in [1.807, 2.05) is 12.4 Å². The topological polar surface area (TPSA) is 57.1 Å². The molecule has 0 spiro atoms. The maximum atomic E-state index is 8.96. The maximum Gasteiger partial charge on any atom is 0.163 e. The van der Waals surface area contributed by atoms with Crippen molar-refractivity contribution < 1.29 is 15.5 Å². The lowest BCUT2D eigenvalue weighted by Gasteiger charge is -1.97. The molecule has 0 atom stereocenters. The Morgan fingerprint density at radius 1 is 1.20 bits per heavy atom. The zero-order valence-corrected chi connectivity index (χ0v) is 5.70. The quantitative estimate of drug-likeness (QED) is 0.290. The normalized spacial score (nSPS) is 9.70. The van der Waals surface area contributed by atoms with Crippen LogP contribution in [0.3, 0.4) is 0 Å². The minimum atomic E-state index is -0.0781. The number of phenols is 2. The molecule has 0 aliphatic heterocycles. The molecule has 1 aromatic carbocycles. The summed E-state index contributed by atoms with van der Waals surface area (Å²) in [5, 5.41) is 19.7. The molecule has 0 fully saturated rings. The first-order chi connectivity index (χ1) is 4.74. The molecule has 3 nitrogen and oxygen atoms in total. The number of phenolic OH excluding ortho intramolecular Hbond substituents is 2.